The molecule has 1 aliphatic rings. The third kappa shape index (κ3) is 3.57. The number of amides is 2. The first-order valence-electron chi connectivity index (χ1n) is 8.66. The Hall–Kier alpha value is -3.49. The van der Waals surface area contributed by atoms with Crippen LogP contribution >= 0.6 is 0 Å². The Morgan fingerprint density at radius 2 is 2.00 bits per heavy atom. The first-order chi connectivity index (χ1) is 13.1. The van der Waals surface area contributed by atoms with Crippen LogP contribution < -0.4 is 5.32 Å². The van der Waals surface area contributed by atoms with Gasteiger partial charge in [0.1, 0.15) is 0 Å². The van der Waals surface area contributed by atoms with E-state index in [-0.39, 0.29) is 12.6 Å². The number of carbonyl (C=O) groups excluding carboxylic acids is 1. The third-order valence-electron chi connectivity index (χ3n) is 4.56. The summed E-state index contributed by atoms with van der Waals surface area (Å²) >= 11 is 0. The Balaban J connectivity index is 1.47. The normalized spacial score (nSPS) is 17.0. The van der Waals surface area contributed by atoms with Crippen LogP contribution in [0.2, 0.25) is 0 Å². The number of aromatic nitrogens is 4. The zero-order chi connectivity index (χ0) is 18.8. The molecule has 1 unspecified atom stereocenters. The van der Waals surface area contributed by atoms with E-state index in [0.717, 1.165) is 11.0 Å². The van der Waals surface area contributed by atoms with E-state index < -0.39 is 11.9 Å². The first kappa shape index (κ1) is 17.0. The van der Waals surface area contributed by atoms with Gasteiger partial charge in [-0.3, -0.25) is 9.78 Å². The van der Waals surface area contributed by atoms with Gasteiger partial charge in [0.05, 0.1) is 41.2 Å². The zero-order valence-electron chi connectivity index (χ0n) is 14.4. The molecule has 0 aliphatic carbocycles. The van der Waals surface area contributed by atoms with Gasteiger partial charge >= 0.3 is 12.0 Å². The highest BCUT2D eigenvalue weighted by atomic mass is 16.4. The van der Waals surface area contributed by atoms with E-state index in [1.54, 1.807) is 12.4 Å². The van der Waals surface area contributed by atoms with Gasteiger partial charge in [0, 0.05) is 13.1 Å². The molecule has 0 spiro atoms. The summed E-state index contributed by atoms with van der Waals surface area (Å²) in [6.45, 7) is 0.755. The second-order valence-electron chi connectivity index (χ2n) is 6.44. The maximum atomic E-state index is 12.4. The number of likely N-dealkylation sites (tertiary alicyclic amines) is 1. The summed E-state index contributed by atoms with van der Waals surface area (Å²) in [7, 11) is 0. The summed E-state index contributed by atoms with van der Waals surface area (Å²) in [5, 5.41) is 16.1. The number of urea groups is 1. The molecule has 0 bridgehead atoms. The molecule has 9 nitrogen and oxygen atoms in total. The lowest BCUT2D eigenvalue weighted by molar-refractivity contribution is -0.143. The number of anilines is 1. The van der Waals surface area contributed by atoms with Crippen molar-refractivity contribution in [2.24, 2.45) is 5.92 Å². The van der Waals surface area contributed by atoms with E-state index in [0.29, 0.717) is 30.9 Å². The lowest BCUT2D eigenvalue weighted by Gasteiger charge is -2.30. The fourth-order valence-electron chi connectivity index (χ4n) is 3.14. The average Bonchev–Trinajstić information content (AvgIpc) is 3.16. The molecule has 4 rings (SSSR count). The number of hydrogen-bond acceptors (Lipinski definition) is 5. The van der Waals surface area contributed by atoms with Crippen molar-refractivity contribution in [1.82, 2.24) is 24.6 Å². The van der Waals surface area contributed by atoms with Gasteiger partial charge in [0.15, 0.2) is 5.82 Å². The minimum Gasteiger partial charge on any atom is -0.481 e. The number of rotatable bonds is 3. The first-order valence-corrected chi connectivity index (χ1v) is 8.66. The van der Waals surface area contributed by atoms with Crippen molar-refractivity contribution in [3.8, 4) is 5.82 Å². The van der Waals surface area contributed by atoms with Crippen LogP contribution in [0.25, 0.3) is 16.9 Å². The van der Waals surface area contributed by atoms with Crippen LogP contribution in [0.5, 0.6) is 0 Å². The molecule has 3 aromatic rings. The van der Waals surface area contributed by atoms with Gasteiger partial charge in [0.2, 0.25) is 0 Å². The predicted molar refractivity (Wildman–Crippen MR) is 97.6 cm³/mol. The molecule has 9 heteroatoms. The minimum atomic E-state index is -0.866. The number of benzene rings is 1. The van der Waals surface area contributed by atoms with Gasteiger partial charge in [-0.15, -0.1) is 0 Å². The van der Waals surface area contributed by atoms with E-state index in [9.17, 15) is 9.59 Å². The fourth-order valence-corrected chi connectivity index (χ4v) is 3.14. The second-order valence-corrected chi connectivity index (χ2v) is 6.44. The van der Waals surface area contributed by atoms with Crippen LogP contribution in [-0.4, -0.2) is 54.8 Å². The molecule has 0 saturated carbocycles. The molecular weight excluding hydrogens is 348 g/mol. The molecule has 1 fully saturated rings. The van der Waals surface area contributed by atoms with E-state index in [1.165, 1.54) is 15.8 Å². The van der Waals surface area contributed by atoms with Crippen LogP contribution in [0.15, 0.2) is 42.9 Å². The van der Waals surface area contributed by atoms with Gasteiger partial charge in [-0.25, -0.2) is 14.5 Å². The molecule has 2 amide bonds. The van der Waals surface area contributed by atoms with Crippen molar-refractivity contribution in [3.05, 3.63) is 42.9 Å². The summed E-state index contributed by atoms with van der Waals surface area (Å²) in [6, 6.07) is 7.20. The Morgan fingerprint density at radius 3 is 2.81 bits per heavy atom. The number of aliphatic carboxylic acids is 1. The number of fused-ring (bicyclic) bond motifs is 1. The minimum absolute atomic E-state index is 0.214. The van der Waals surface area contributed by atoms with E-state index >= 15 is 0 Å². The monoisotopic (exact) mass is 366 g/mol. The molecule has 0 radical (unpaired) electrons. The van der Waals surface area contributed by atoms with Gasteiger partial charge in [-0.1, -0.05) is 12.1 Å². The highest BCUT2D eigenvalue weighted by molar-refractivity contribution is 5.89. The largest absolute Gasteiger partial charge is 0.481 e. The second kappa shape index (κ2) is 7.02. The van der Waals surface area contributed by atoms with Crippen molar-refractivity contribution < 1.29 is 14.7 Å². The summed E-state index contributed by atoms with van der Waals surface area (Å²) in [5.41, 5.74) is 2.05. The molecule has 3 heterocycles. The molecule has 1 atom stereocenters. The Labute approximate surface area is 154 Å². The number of carbonyl (C=O) groups is 2. The highest BCUT2D eigenvalue weighted by Gasteiger charge is 2.28. The molecular formula is C18H18N6O3. The molecule has 138 valence electrons. The molecule has 2 aromatic heterocycles. The lowest BCUT2D eigenvalue weighted by atomic mass is 9.99. The van der Waals surface area contributed by atoms with Gasteiger partial charge in [-0.05, 0) is 25.0 Å². The number of piperidine rings is 1. The van der Waals surface area contributed by atoms with Gasteiger partial charge < -0.3 is 15.3 Å². The summed E-state index contributed by atoms with van der Waals surface area (Å²) < 4.78 is 1.53. The standard InChI is InChI=1S/C18H18N6O3/c25-17(26)12-4-3-7-23(10-12)18(27)21-13-8-20-24(11-13)16-9-19-14-5-1-2-6-15(14)22-16/h1-2,5-6,8-9,11-12H,3-4,7,10H2,(H,21,27)(H,25,26). The van der Waals surface area contributed by atoms with Crippen LogP contribution in [0.3, 0.4) is 0 Å². The third-order valence-corrected chi connectivity index (χ3v) is 4.56. The lowest BCUT2D eigenvalue weighted by Crippen LogP contribution is -2.44. The van der Waals surface area contributed by atoms with Crippen molar-refractivity contribution in [1.29, 1.82) is 0 Å². The number of nitrogens with one attached hydrogen (secondary N) is 1. The number of nitrogens with zero attached hydrogens (tertiary/aromatic N) is 5. The topological polar surface area (TPSA) is 113 Å². The number of para-hydroxylation sites is 2. The van der Waals surface area contributed by atoms with Gasteiger partial charge in [-0.2, -0.15) is 5.10 Å². The quantitative estimate of drug-likeness (QED) is 0.734. The van der Waals surface area contributed by atoms with E-state index in [4.69, 9.17) is 5.11 Å². The maximum Gasteiger partial charge on any atom is 0.321 e. The molecule has 27 heavy (non-hydrogen) atoms. The SMILES string of the molecule is O=C(O)C1CCCN(C(=O)Nc2cnn(-c3cnc4ccccc4n3)c2)C1. The molecule has 1 aliphatic heterocycles. The summed E-state index contributed by atoms with van der Waals surface area (Å²) in [6.07, 6.45) is 6.06. The smallest absolute Gasteiger partial charge is 0.321 e. The molecule has 1 saturated heterocycles. The van der Waals surface area contributed by atoms with Gasteiger partial charge in [0.25, 0.3) is 0 Å². The van der Waals surface area contributed by atoms with E-state index in [1.807, 2.05) is 24.3 Å². The predicted octanol–water partition coefficient (Wildman–Crippen LogP) is 2.14. The Morgan fingerprint density at radius 1 is 1.19 bits per heavy atom. The van der Waals surface area contributed by atoms with Crippen LogP contribution in [0.4, 0.5) is 10.5 Å². The molecule has 2 N–H and O–H groups in total. The van der Waals surface area contributed by atoms with Crippen LogP contribution in [-0.2, 0) is 4.79 Å². The zero-order valence-corrected chi connectivity index (χ0v) is 14.4. The van der Waals surface area contributed by atoms with Crippen molar-refractivity contribution >= 4 is 28.7 Å². The summed E-state index contributed by atoms with van der Waals surface area (Å²) in [4.78, 5) is 33.9. The van der Waals surface area contributed by atoms with Crippen LogP contribution in [0, 0.1) is 5.92 Å². The highest BCUT2D eigenvalue weighted by Crippen LogP contribution is 2.18. The number of hydrogen-bond donors (Lipinski definition) is 2. The fraction of sp³-hybridized carbons (Fsp3) is 0.278. The number of carboxylic acid groups (broad SMARTS) is 1. The average molecular weight is 366 g/mol. The van der Waals surface area contributed by atoms with Crippen molar-refractivity contribution in [2.45, 2.75) is 12.8 Å². The summed E-state index contributed by atoms with van der Waals surface area (Å²) in [5.74, 6) is -0.839. The maximum absolute atomic E-state index is 12.4. The number of carboxylic acids is 1. The molecule has 1 aromatic carbocycles. The van der Waals surface area contributed by atoms with Crippen molar-refractivity contribution in [3.63, 3.8) is 0 Å². The Kier molecular flexibility index (Phi) is 4.41. The van der Waals surface area contributed by atoms with E-state index in [2.05, 4.69) is 20.4 Å². The van der Waals surface area contributed by atoms with Crippen molar-refractivity contribution in [2.75, 3.05) is 18.4 Å². The van der Waals surface area contributed by atoms with Crippen LogP contribution in [0.1, 0.15) is 12.8 Å². The Bertz CT molecular complexity index is 1000.